The van der Waals surface area contributed by atoms with E-state index in [0.717, 1.165) is 4.88 Å². The summed E-state index contributed by atoms with van der Waals surface area (Å²) in [6.07, 6.45) is 1.76. The average Bonchev–Trinajstić information content (AvgIpc) is 2.14. The van der Waals surface area contributed by atoms with Gasteiger partial charge in [0.2, 0.25) is 0 Å². The predicted octanol–water partition coefficient (Wildman–Crippen LogP) is 0.602. The highest BCUT2D eigenvalue weighted by Crippen LogP contribution is 2.00. The van der Waals surface area contributed by atoms with Crippen LogP contribution in [0.1, 0.15) is 4.88 Å². The third-order valence-corrected chi connectivity index (χ3v) is 1.46. The third-order valence-electron chi connectivity index (χ3n) is 0.692. The first-order valence-corrected chi connectivity index (χ1v) is 2.80. The summed E-state index contributed by atoms with van der Waals surface area (Å²) >= 11 is 1.45. The Morgan fingerprint density at radius 1 is 1.86 bits per heavy atom. The Morgan fingerprint density at radius 2 is 2.71 bits per heavy atom. The van der Waals surface area contributed by atoms with Gasteiger partial charge in [0.05, 0.1) is 0 Å². The molecule has 3 heteroatoms. The van der Waals surface area contributed by atoms with E-state index in [-0.39, 0.29) is 0 Å². The molecule has 0 amide bonds. The Balaban J connectivity index is 2.76. The second-order valence-corrected chi connectivity index (χ2v) is 2.10. The van der Waals surface area contributed by atoms with E-state index in [2.05, 4.69) is 4.37 Å². The molecule has 0 aromatic carbocycles. The fraction of sp³-hybridized carbons (Fsp3) is 0.250. The normalized spacial score (nSPS) is 9.29. The summed E-state index contributed by atoms with van der Waals surface area (Å²) in [5.74, 6) is 0. The molecule has 0 saturated heterocycles. The summed E-state index contributed by atoms with van der Waals surface area (Å²) in [4.78, 5) is 1.14. The van der Waals surface area contributed by atoms with Crippen molar-refractivity contribution in [3.63, 3.8) is 0 Å². The van der Waals surface area contributed by atoms with E-state index in [9.17, 15) is 0 Å². The van der Waals surface area contributed by atoms with Crippen LogP contribution >= 0.6 is 11.5 Å². The van der Waals surface area contributed by atoms with Crippen LogP contribution in [0, 0.1) is 0 Å². The predicted molar refractivity (Wildman–Crippen MR) is 30.0 cm³/mol. The first-order chi connectivity index (χ1) is 3.43. The summed E-state index contributed by atoms with van der Waals surface area (Å²) < 4.78 is 3.85. The lowest BCUT2D eigenvalue weighted by molar-refractivity contribution is 1.11. The maximum absolute atomic E-state index is 5.26. The van der Waals surface area contributed by atoms with Crippen molar-refractivity contribution in [2.45, 2.75) is 6.54 Å². The summed E-state index contributed by atoms with van der Waals surface area (Å²) in [6, 6.07) is 1.92. The minimum Gasteiger partial charge on any atom is -0.326 e. The van der Waals surface area contributed by atoms with Crippen LogP contribution in [0.4, 0.5) is 0 Å². The number of aromatic nitrogens is 1. The highest BCUT2D eigenvalue weighted by atomic mass is 32.1. The van der Waals surface area contributed by atoms with Crippen molar-refractivity contribution in [1.29, 1.82) is 0 Å². The lowest BCUT2D eigenvalue weighted by atomic mass is 10.5. The fourth-order valence-electron chi connectivity index (χ4n) is 0.347. The maximum Gasteiger partial charge on any atom is 0.0410 e. The van der Waals surface area contributed by atoms with E-state index in [1.165, 1.54) is 11.5 Å². The van der Waals surface area contributed by atoms with Crippen LogP contribution in [0.5, 0.6) is 0 Å². The quantitative estimate of drug-likeness (QED) is 0.580. The molecule has 1 aromatic rings. The Morgan fingerprint density at radius 3 is 3.00 bits per heavy atom. The first kappa shape index (κ1) is 4.74. The van der Waals surface area contributed by atoms with Gasteiger partial charge in [0.25, 0.3) is 0 Å². The van der Waals surface area contributed by atoms with E-state index < -0.39 is 0 Å². The van der Waals surface area contributed by atoms with E-state index in [4.69, 9.17) is 5.73 Å². The third kappa shape index (κ3) is 0.976. The number of nitrogens with zero attached hydrogens (tertiary/aromatic N) is 1. The van der Waals surface area contributed by atoms with Gasteiger partial charge in [-0.05, 0) is 17.6 Å². The summed E-state index contributed by atoms with van der Waals surface area (Å²) in [5.41, 5.74) is 5.26. The summed E-state index contributed by atoms with van der Waals surface area (Å²) in [7, 11) is 0. The van der Waals surface area contributed by atoms with Gasteiger partial charge in [0, 0.05) is 17.6 Å². The zero-order chi connectivity index (χ0) is 5.11. The monoisotopic (exact) mass is 114 g/mol. The van der Waals surface area contributed by atoms with Crippen LogP contribution in [0.3, 0.4) is 0 Å². The van der Waals surface area contributed by atoms with Gasteiger partial charge in [-0.3, -0.25) is 0 Å². The first-order valence-electron chi connectivity index (χ1n) is 2.03. The largest absolute Gasteiger partial charge is 0.326 e. The van der Waals surface area contributed by atoms with Crippen LogP contribution in [-0.2, 0) is 6.54 Å². The maximum atomic E-state index is 5.26. The SMILES string of the molecule is NCc1ccns1. The smallest absolute Gasteiger partial charge is 0.0410 e. The summed E-state index contributed by atoms with van der Waals surface area (Å²) in [6.45, 7) is 0.616. The van der Waals surface area contributed by atoms with Crippen molar-refractivity contribution in [1.82, 2.24) is 4.37 Å². The minimum absolute atomic E-state index is 0.616. The topological polar surface area (TPSA) is 38.9 Å². The van der Waals surface area contributed by atoms with E-state index in [1.54, 1.807) is 6.20 Å². The highest BCUT2D eigenvalue weighted by Gasteiger charge is 1.84. The molecule has 0 aliphatic rings. The zero-order valence-electron chi connectivity index (χ0n) is 3.79. The highest BCUT2D eigenvalue weighted by molar-refractivity contribution is 7.05. The van der Waals surface area contributed by atoms with E-state index in [1.807, 2.05) is 6.07 Å². The molecule has 1 heterocycles. The molecule has 1 rings (SSSR count). The Hall–Kier alpha value is -0.410. The van der Waals surface area contributed by atoms with Gasteiger partial charge >= 0.3 is 0 Å². The molecule has 38 valence electrons. The average molecular weight is 114 g/mol. The van der Waals surface area contributed by atoms with Gasteiger partial charge in [-0.15, -0.1) is 0 Å². The molecule has 1 aromatic heterocycles. The van der Waals surface area contributed by atoms with Gasteiger partial charge < -0.3 is 5.73 Å². The fourth-order valence-corrected chi connectivity index (χ4v) is 0.801. The molecule has 0 saturated carbocycles. The second kappa shape index (κ2) is 2.04. The van der Waals surface area contributed by atoms with Gasteiger partial charge in [0.15, 0.2) is 0 Å². The van der Waals surface area contributed by atoms with Gasteiger partial charge in [-0.2, -0.15) is 0 Å². The molecule has 0 atom stereocenters. The lowest BCUT2D eigenvalue weighted by Crippen LogP contribution is -1.90. The van der Waals surface area contributed by atoms with E-state index in [0.29, 0.717) is 6.54 Å². The van der Waals surface area contributed by atoms with E-state index >= 15 is 0 Å². The van der Waals surface area contributed by atoms with Crippen LogP contribution in [0.15, 0.2) is 12.3 Å². The Kier molecular flexibility index (Phi) is 1.38. The molecule has 7 heavy (non-hydrogen) atoms. The molecular weight excluding hydrogens is 108 g/mol. The standard InChI is InChI=1S/C4H6N2S/c5-3-4-1-2-6-7-4/h1-2H,3,5H2. The zero-order valence-corrected chi connectivity index (χ0v) is 4.61. The van der Waals surface area contributed by atoms with Crippen LogP contribution in [0.25, 0.3) is 0 Å². The summed E-state index contributed by atoms with van der Waals surface area (Å²) in [5, 5.41) is 0. The molecular formula is C4H6N2S. The molecule has 0 bridgehead atoms. The Labute approximate surface area is 46.1 Å². The lowest BCUT2D eigenvalue weighted by Gasteiger charge is -1.77. The van der Waals surface area contributed by atoms with Crippen molar-refractivity contribution in [2.24, 2.45) is 5.73 Å². The van der Waals surface area contributed by atoms with Crippen LogP contribution in [-0.4, -0.2) is 4.37 Å². The van der Waals surface area contributed by atoms with Crippen molar-refractivity contribution in [2.75, 3.05) is 0 Å². The van der Waals surface area contributed by atoms with Gasteiger partial charge in [-0.25, -0.2) is 4.37 Å². The van der Waals surface area contributed by atoms with Crippen LogP contribution < -0.4 is 5.73 Å². The van der Waals surface area contributed by atoms with Crippen molar-refractivity contribution >= 4 is 11.5 Å². The molecule has 0 aliphatic heterocycles. The Bertz CT molecular complexity index is 124. The second-order valence-electron chi connectivity index (χ2n) is 1.18. The minimum atomic E-state index is 0.616. The molecule has 0 spiro atoms. The molecule has 0 aliphatic carbocycles. The number of hydrogen-bond donors (Lipinski definition) is 1. The van der Waals surface area contributed by atoms with Crippen molar-refractivity contribution < 1.29 is 0 Å². The molecule has 0 radical (unpaired) electrons. The molecule has 0 unspecified atom stereocenters. The van der Waals surface area contributed by atoms with Gasteiger partial charge in [-0.1, -0.05) is 0 Å². The van der Waals surface area contributed by atoms with Crippen molar-refractivity contribution in [3.05, 3.63) is 17.1 Å². The number of nitrogens with two attached hydrogens (primary N) is 1. The van der Waals surface area contributed by atoms with Crippen molar-refractivity contribution in [3.8, 4) is 0 Å². The molecule has 2 nitrogen and oxygen atoms in total. The number of rotatable bonds is 1. The molecule has 0 fully saturated rings. The van der Waals surface area contributed by atoms with Gasteiger partial charge in [0.1, 0.15) is 0 Å². The number of hydrogen-bond acceptors (Lipinski definition) is 3. The molecule has 2 N–H and O–H groups in total. The van der Waals surface area contributed by atoms with Crippen LogP contribution in [0.2, 0.25) is 0 Å².